The monoisotopic (exact) mass is 403 g/mol. The number of Topliss-reactive ketones (excluding diaryl/α,β-unsaturated/α-hetero) is 1. The Morgan fingerprint density at radius 3 is 2.46 bits per heavy atom. The summed E-state index contributed by atoms with van der Waals surface area (Å²) in [5.74, 6) is -0.589. The molecule has 0 aromatic carbocycles. The highest BCUT2D eigenvalue weighted by atomic mass is 16.7. The molecule has 0 bridgehead atoms. The highest BCUT2D eigenvalue weighted by Gasteiger charge is 2.42. The summed E-state index contributed by atoms with van der Waals surface area (Å²) in [5, 5.41) is 31.8. The van der Waals surface area contributed by atoms with Gasteiger partial charge >= 0.3 is 0 Å². The third kappa shape index (κ3) is 8.13. The third-order valence-corrected chi connectivity index (χ3v) is 5.19. The minimum Gasteiger partial charge on any atom is -0.394 e. The first kappa shape index (κ1) is 25.0. The van der Waals surface area contributed by atoms with Gasteiger partial charge in [0, 0.05) is 18.9 Å². The van der Waals surface area contributed by atoms with Gasteiger partial charge in [-0.05, 0) is 26.2 Å². The van der Waals surface area contributed by atoms with E-state index in [1.807, 2.05) is 0 Å². The fourth-order valence-electron chi connectivity index (χ4n) is 3.24. The largest absolute Gasteiger partial charge is 0.394 e. The van der Waals surface area contributed by atoms with Crippen molar-refractivity contribution in [3.05, 3.63) is 0 Å². The number of amides is 1. The fraction of sp³-hybridized carbons (Fsp3) is 0.900. The van der Waals surface area contributed by atoms with Crippen LogP contribution in [0, 0.1) is 5.92 Å². The van der Waals surface area contributed by atoms with E-state index in [2.05, 4.69) is 12.2 Å². The van der Waals surface area contributed by atoms with Crippen LogP contribution in [0.3, 0.4) is 0 Å². The molecule has 1 rings (SSSR count). The lowest BCUT2D eigenvalue weighted by Gasteiger charge is -2.40. The van der Waals surface area contributed by atoms with Crippen LogP contribution >= 0.6 is 0 Å². The van der Waals surface area contributed by atoms with Crippen molar-refractivity contribution in [2.45, 2.75) is 96.4 Å². The van der Waals surface area contributed by atoms with Gasteiger partial charge in [0.25, 0.3) is 0 Å². The fourth-order valence-corrected chi connectivity index (χ4v) is 3.24. The highest BCUT2D eigenvalue weighted by molar-refractivity contribution is 5.87. The van der Waals surface area contributed by atoms with Gasteiger partial charge in [-0.2, -0.15) is 0 Å². The first-order chi connectivity index (χ1) is 13.3. The summed E-state index contributed by atoms with van der Waals surface area (Å²) in [6.45, 7) is 5.23. The average molecular weight is 404 g/mol. The molecule has 8 nitrogen and oxygen atoms in total. The van der Waals surface area contributed by atoms with Crippen LogP contribution in [0.15, 0.2) is 0 Å². The Labute approximate surface area is 167 Å². The number of nitrogens with one attached hydrogen (secondary N) is 1. The van der Waals surface area contributed by atoms with Crippen molar-refractivity contribution >= 4 is 11.7 Å². The molecule has 1 amide bonds. The smallest absolute Gasteiger partial charge is 0.220 e. The van der Waals surface area contributed by atoms with E-state index in [-0.39, 0.29) is 11.7 Å². The Kier molecular flexibility index (Phi) is 11.8. The van der Waals surface area contributed by atoms with E-state index >= 15 is 0 Å². The quantitative estimate of drug-likeness (QED) is 0.337. The van der Waals surface area contributed by atoms with Crippen LogP contribution in [0.4, 0.5) is 0 Å². The molecule has 1 saturated heterocycles. The average Bonchev–Trinajstić information content (AvgIpc) is 2.66. The maximum Gasteiger partial charge on any atom is 0.220 e. The summed E-state index contributed by atoms with van der Waals surface area (Å²) < 4.78 is 11.1. The Morgan fingerprint density at radius 1 is 1.14 bits per heavy atom. The van der Waals surface area contributed by atoms with E-state index in [1.54, 1.807) is 6.92 Å². The summed E-state index contributed by atoms with van der Waals surface area (Å²) in [7, 11) is 0. The molecule has 0 aromatic rings. The minimum absolute atomic E-state index is 0.0181. The van der Waals surface area contributed by atoms with Gasteiger partial charge in [-0.1, -0.05) is 33.1 Å². The second-order valence-corrected chi connectivity index (χ2v) is 7.62. The second kappa shape index (κ2) is 13.2. The predicted molar refractivity (Wildman–Crippen MR) is 103 cm³/mol. The number of hydrogen-bond acceptors (Lipinski definition) is 7. The zero-order valence-electron chi connectivity index (χ0n) is 17.3. The first-order valence-corrected chi connectivity index (χ1v) is 10.4. The van der Waals surface area contributed by atoms with Gasteiger partial charge in [0.05, 0.1) is 18.8 Å². The molecule has 6 unspecified atom stereocenters. The van der Waals surface area contributed by atoms with Crippen LogP contribution < -0.4 is 5.32 Å². The number of ether oxygens (including phenoxy) is 2. The van der Waals surface area contributed by atoms with Gasteiger partial charge in [-0.15, -0.1) is 0 Å². The molecule has 8 heteroatoms. The van der Waals surface area contributed by atoms with Crippen LogP contribution in [0.1, 0.15) is 65.7 Å². The molecule has 1 heterocycles. The summed E-state index contributed by atoms with van der Waals surface area (Å²) in [4.78, 5) is 23.7. The molecule has 4 N–H and O–H groups in total. The second-order valence-electron chi connectivity index (χ2n) is 7.62. The summed E-state index contributed by atoms with van der Waals surface area (Å²) in [6.07, 6.45) is 1.46. The van der Waals surface area contributed by atoms with E-state index in [0.717, 1.165) is 19.3 Å². The number of unbranched alkanes of at least 4 members (excludes halogenated alkanes) is 3. The van der Waals surface area contributed by atoms with Crippen LogP contribution in [0.5, 0.6) is 0 Å². The topological polar surface area (TPSA) is 125 Å². The van der Waals surface area contributed by atoms with E-state index in [4.69, 9.17) is 9.47 Å². The van der Waals surface area contributed by atoms with Crippen molar-refractivity contribution in [2.24, 2.45) is 5.92 Å². The molecule has 1 fully saturated rings. The maximum atomic E-state index is 12.1. The first-order valence-electron chi connectivity index (χ1n) is 10.4. The van der Waals surface area contributed by atoms with Gasteiger partial charge < -0.3 is 30.1 Å². The molecular weight excluding hydrogens is 366 g/mol. The summed E-state index contributed by atoms with van der Waals surface area (Å²) in [6, 6.07) is -0.407. The maximum absolute atomic E-state index is 12.1. The van der Waals surface area contributed by atoms with Crippen molar-refractivity contribution in [3.8, 4) is 0 Å². The molecule has 0 spiro atoms. The molecule has 28 heavy (non-hydrogen) atoms. The molecule has 6 atom stereocenters. The molecular formula is C20H37NO7. The van der Waals surface area contributed by atoms with Gasteiger partial charge in [0.1, 0.15) is 12.2 Å². The predicted octanol–water partition coefficient (Wildman–Crippen LogP) is 0.903. The lowest BCUT2D eigenvalue weighted by atomic mass is 9.92. The van der Waals surface area contributed by atoms with Crippen LogP contribution in [0.25, 0.3) is 0 Å². The van der Waals surface area contributed by atoms with Gasteiger partial charge in [0.15, 0.2) is 12.1 Å². The molecule has 0 aliphatic carbocycles. The zero-order valence-corrected chi connectivity index (χ0v) is 17.3. The molecule has 0 aromatic heterocycles. The Bertz CT molecular complexity index is 471. The van der Waals surface area contributed by atoms with Crippen LogP contribution in [-0.4, -0.2) is 70.9 Å². The summed E-state index contributed by atoms with van der Waals surface area (Å²) >= 11 is 0. The standard InChI is InChI=1S/C20H37NO7/c1-4-5-6-9-15(14(3)23)21-17(24)10-7-8-11-27-20-13(2)18(25)19(26)16(12-22)28-20/h13,15-16,18-20,22,25-26H,4-12H2,1-3H3,(H,21,24). The zero-order chi connectivity index (χ0) is 21.1. The van der Waals surface area contributed by atoms with Crippen molar-refractivity contribution in [1.82, 2.24) is 5.32 Å². The van der Waals surface area contributed by atoms with Crippen molar-refractivity contribution in [1.29, 1.82) is 0 Å². The molecule has 0 saturated carbocycles. The number of rotatable bonds is 13. The number of aliphatic hydroxyl groups is 3. The van der Waals surface area contributed by atoms with Crippen molar-refractivity contribution < 1.29 is 34.4 Å². The Hall–Kier alpha value is -1.06. The van der Waals surface area contributed by atoms with Crippen molar-refractivity contribution in [3.63, 3.8) is 0 Å². The van der Waals surface area contributed by atoms with Crippen molar-refractivity contribution in [2.75, 3.05) is 13.2 Å². The van der Waals surface area contributed by atoms with E-state index in [9.17, 15) is 24.9 Å². The number of carbonyl (C=O) groups is 2. The third-order valence-electron chi connectivity index (χ3n) is 5.19. The normalized spacial score (nSPS) is 28.7. The Morgan fingerprint density at radius 2 is 1.86 bits per heavy atom. The number of carbonyl (C=O) groups excluding carboxylic acids is 2. The molecule has 164 valence electrons. The number of ketones is 1. The molecule has 0 radical (unpaired) electrons. The number of aliphatic hydroxyl groups excluding tert-OH is 3. The Balaban J connectivity index is 2.27. The SMILES string of the molecule is CCCCCC(NC(=O)CCCCOC1OC(CO)C(O)C(O)C1C)C(C)=O. The van der Waals surface area contributed by atoms with Gasteiger partial charge in [-0.25, -0.2) is 0 Å². The molecule has 1 aliphatic heterocycles. The van der Waals surface area contributed by atoms with Gasteiger partial charge in [0.2, 0.25) is 5.91 Å². The van der Waals surface area contributed by atoms with Gasteiger partial charge in [-0.3, -0.25) is 9.59 Å². The van der Waals surface area contributed by atoms with E-state index < -0.39 is 43.2 Å². The lowest BCUT2D eigenvalue weighted by Crippen LogP contribution is -2.55. The van der Waals surface area contributed by atoms with Crippen LogP contribution in [0.2, 0.25) is 0 Å². The highest BCUT2D eigenvalue weighted by Crippen LogP contribution is 2.26. The molecule has 1 aliphatic rings. The minimum atomic E-state index is -1.14. The lowest BCUT2D eigenvalue weighted by molar-refractivity contribution is -0.282. The summed E-state index contributed by atoms with van der Waals surface area (Å²) in [5.41, 5.74) is 0. The van der Waals surface area contributed by atoms with Crippen LogP contribution in [-0.2, 0) is 19.1 Å². The van der Waals surface area contributed by atoms with E-state index in [0.29, 0.717) is 32.3 Å². The number of hydrogen-bond donors (Lipinski definition) is 4. The van der Waals surface area contributed by atoms with E-state index in [1.165, 1.54) is 6.92 Å².